The van der Waals surface area contributed by atoms with E-state index in [9.17, 15) is 18.7 Å². The van der Waals surface area contributed by atoms with Gasteiger partial charge in [0, 0.05) is 50.9 Å². The van der Waals surface area contributed by atoms with Gasteiger partial charge >= 0.3 is 0 Å². The summed E-state index contributed by atoms with van der Waals surface area (Å²) in [6.07, 6.45) is 1.67. The normalized spacial score (nSPS) is 27.4. The summed E-state index contributed by atoms with van der Waals surface area (Å²) < 4.78 is 26.4. The van der Waals surface area contributed by atoms with E-state index in [4.69, 9.17) is 0 Å². The quantitative estimate of drug-likeness (QED) is 0.911. The molecule has 1 aromatic rings. The number of piperidine rings is 1. The lowest BCUT2D eigenvalue weighted by molar-refractivity contribution is -0.0720. The Labute approximate surface area is 140 Å². The number of carbonyl (C=O) groups is 1. The number of hydrogen-bond donors (Lipinski definition) is 1. The molecule has 0 spiro atoms. The second kappa shape index (κ2) is 6.37. The van der Waals surface area contributed by atoms with Crippen LogP contribution in [0.4, 0.5) is 8.78 Å². The predicted molar refractivity (Wildman–Crippen MR) is 85.1 cm³/mol. The van der Waals surface area contributed by atoms with Gasteiger partial charge in [-0.1, -0.05) is 0 Å². The molecular weight excluding hydrogens is 316 g/mol. The molecule has 0 saturated carbocycles. The number of pyridine rings is 1. The van der Waals surface area contributed by atoms with Gasteiger partial charge in [-0.15, -0.1) is 0 Å². The molecular formula is C17H23F2N3O2. The minimum Gasteiger partial charge on any atom is -0.387 e. The maximum Gasteiger partial charge on any atom is 0.255 e. The Balaban J connectivity index is 1.57. The number of rotatable bonds is 3. The van der Waals surface area contributed by atoms with Gasteiger partial charge in [0.05, 0.1) is 17.7 Å². The Morgan fingerprint density at radius 2 is 1.96 bits per heavy atom. The van der Waals surface area contributed by atoms with Gasteiger partial charge in [0.1, 0.15) is 0 Å². The van der Waals surface area contributed by atoms with E-state index < -0.39 is 11.5 Å². The van der Waals surface area contributed by atoms with Crippen LogP contribution in [-0.2, 0) is 0 Å². The van der Waals surface area contributed by atoms with Crippen LogP contribution in [0.3, 0.4) is 0 Å². The van der Waals surface area contributed by atoms with Crippen LogP contribution in [-0.4, -0.2) is 70.0 Å². The van der Waals surface area contributed by atoms with Crippen LogP contribution in [0.25, 0.3) is 0 Å². The zero-order valence-corrected chi connectivity index (χ0v) is 13.8. The Morgan fingerprint density at radius 1 is 1.25 bits per heavy atom. The molecule has 2 fully saturated rings. The monoisotopic (exact) mass is 339 g/mol. The van der Waals surface area contributed by atoms with Crippen molar-refractivity contribution < 1.29 is 18.7 Å². The van der Waals surface area contributed by atoms with Gasteiger partial charge in [0.25, 0.3) is 11.8 Å². The van der Waals surface area contributed by atoms with Crippen molar-refractivity contribution in [1.82, 2.24) is 14.8 Å². The number of aromatic nitrogens is 1. The van der Waals surface area contributed by atoms with Crippen molar-refractivity contribution in [2.45, 2.75) is 37.7 Å². The Bertz CT molecular complexity index is 598. The van der Waals surface area contributed by atoms with Crippen molar-refractivity contribution in [2.24, 2.45) is 0 Å². The van der Waals surface area contributed by atoms with Crippen molar-refractivity contribution >= 4 is 5.91 Å². The van der Waals surface area contributed by atoms with Gasteiger partial charge in [-0.25, -0.2) is 8.78 Å². The van der Waals surface area contributed by atoms with Crippen molar-refractivity contribution in [3.05, 3.63) is 29.6 Å². The van der Waals surface area contributed by atoms with Crippen LogP contribution in [0.15, 0.2) is 18.3 Å². The van der Waals surface area contributed by atoms with Gasteiger partial charge in [-0.3, -0.25) is 14.7 Å². The predicted octanol–water partition coefficient (Wildman–Crippen LogP) is 1.70. The van der Waals surface area contributed by atoms with E-state index in [1.807, 2.05) is 11.8 Å². The highest BCUT2D eigenvalue weighted by molar-refractivity contribution is 5.94. The summed E-state index contributed by atoms with van der Waals surface area (Å²) in [6.45, 7) is 3.44. The lowest BCUT2D eigenvalue weighted by atomic mass is 10.00. The molecule has 1 N–H and O–H groups in total. The molecule has 2 aliphatic rings. The van der Waals surface area contributed by atoms with Crippen LogP contribution in [0.5, 0.6) is 0 Å². The van der Waals surface area contributed by atoms with E-state index in [1.165, 1.54) is 0 Å². The first-order valence-electron chi connectivity index (χ1n) is 8.31. The Kier molecular flexibility index (Phi) is 4.57. The topological polar surface area (TPSA) is 56.7 Å². The number of halogens is 2. The molecule has 0 radical (unpaired) electrons. The molecule has 0 unspecified atom stereocenters. The summed E-state index contributed by atoms with van der Waals surface area (Å²) >= 11 is 0. The van der Waals surface area contributed by atoms with Crippen molar-refractivity contribution in [3.63, 3.8) is 0 Å². The van der Waals surface area contributed by atoms with E-state index in [-0.39, 0.29) is 38.4 Å². The van der Waals surface area contributed by atoms with E-state index in [2.05, 4.69) is 4.98 Å². The Hall–Kier alpha value is -1.60. The number of carbonyl (C=O) groups excluding carboxylic acids is 1. The summed E-state index contributed by atoms with van der Waals surface area (Å²) in [5.41, 5.74) is 0.314. The molecule has 0 aromatic carbocycles. The maximum atomic E-state index is 13.2. The fourth-order valence-corrected chi connectivity index (χ4v) is 3.39. The second-order valence-electron chi connectivity index (χ2n) is 7.02. The highest BCUT2D eigenvalue weighted by Gasteiger charge is 2.42. The van der Waals surface area contributed by atoms with E-state index in [0.717, 1.165) is 5.69 Å². The molecule has 0 bridgehead atoms. The summed E-state index contributed by atoms with van der Waals surface area (Å²) in [7, 11) is 0. The van der Waals surface area contributed by atoms with Crippen LogP contribution in [0.2, 0.25) is 0 Å². The van der Waals surface area contributed by atoms with E-state index in [1.54, 1.807) is 23.2 Å². The van der Waals surface area contributed by atoms with Crippen LogP contribution < -0.4 is 0 Å². The first-order chi connectivity index (χ1) is 11.3. The fourth-order valence-electron chi connectivity index (χ4n) is 3.39. The highest BCUT2D eigenvalue weighted by Crippen LogP contribution is 2.30. The van der Waals surface area contributed by atoms with E-state index >= 15 is 0 Å². The van der Waals surface area contributed by atoms with Gasteiger partial charge in [0.15, 0.2) is 0 Å². The number of hydrogen-bond acceptors (Lipinski definition) is 4. The number of amides is 1. The molecule has 1 atom stereocenters. The third-order valence-corrected chi connectivity index (χ3v) is 4.88. The van der Waals surface area contributed by atoms with Crippen molar-refractivity contribution in [3.8, 4) is 0 Å². The molecule has 1 aromatic heterocycles. The smallest absolute Gasteiger partial charge is 0.255 e. The molecule has 7 heteroatoms. The van der Waals surface area contributed by atoms with Crippen LogP contribution in [0.1, 0.15) is 35.3 Å². The molecule has 3 rings (SSSR count). The van der Waals surface area contributed by atoms with Gasteiger partial charge < -0.3 is 10.0 Å². The summed E-state index contributed by atoms with van der Waals surface area (Å²) in [5.74, 6) is -2.74. The van der Waals surface area contributed by atoms with Gasteiger partial charge in [0.2, 0.25) is 0 Å². The minimum atomic E-state index is -2.59. The lowest BCUT2D eigenvalue weighted by Crippen LogP contribution is -2.49. The standard InChI is InChI=1S/C17H23F2N3O2/c1-13-2-3-14(10-20-13)15(23)22-9-4-16(24,12-22)11-21-7-5-17(18,19)6-8-21/h2-3,10,24H,4-9,11-12H2,1H3/t16-/m0/s1. The highest BCUT2D eigenvalue weighted by atomic mass is 19.3. The SMILES string of the molecule is Cc1ccc(C(=O)N2CC[C@](O)(CN3CCC(F)(F)CC3)C2)cn1. The lowest BCUT2D eigenvalue weighted by Gasteiger charge is -2.36. The summed E-state index contributed by atoms with van der Waals surface area (Å²) in [4.78, 5) is 20.1. The van der Waals surface area contributed by atoms with Gasteiger partial charge in [-0.05, 0) is 25.5 Å². The third kappa shape index (κ3) is 3.89. The first kappa shape index (κ1) is 17.2. The third-order valence-electron chi connectivity index (χ3n) is 4.88. The number of β-amino-alcohol motifs (C(OH)–C–C–N with tert-alkyl or cyclic N) is 1. The molecule has 2 aliphatic heterocycles. The molecule has 132 valence electrons. The summed E-state index contributed by atoms with van der Waals surface area (Å²) in [6, 6.07) is 3.51. The van der Waals surface area contributed by atoms with Crippen LogP contribution >= 0.6 is 0 Å². The number of likely N-dealkylation sites (tertiary alicyclic amines) is 2. The average molecular weight is 339 g/mol. The summed E-state index contributed by atoms with van der Waals surface area (Å²) in [5, 5.41) is 10.7. The molecule has 2 saturated heterocycles. The number of aryl methyl sites for hydroxylation is 1. The molecule has 3 heterocycles. The molecule has 5 nitrogen and oxygen atoms in total. The first-order valence-corrected chi connectivity index (χ1v) is 8.31. The fraction of sp³-hybridized carbons (Fsp3) is 0.647. The minimum absolute atomic E-state index is 0.149. The maximum absolute atomic E-state index is 13.2. The second-order valence-corrected chi connectivity index (χ2v) is 7.02. The molecule has 1 amide bonds. The van der Waals surface area contributed by atoms with Crippen molar-refractivity contribution in [1.29, 1.82) is 0 Å². The largest absolute Gasteiger partial charge is 0.387 e. The van der Waals surface area contributed by atoms with Crippen molar-refractivity contribution in [2.75, 3.05) is 32.7 Å². The average Bonchev–Trinajstić information content (AvgIpc) is 2.92. The zero-order chi connectivity index (χ0) is 17.4. The molecule has 0 aliphatic carbocycles. The van der Waals surface area contributed by atoms with Gasteiger partial charge in [-0.2, -0.15) is 0 Å². The number of nitrogens with zero attached hydrogens (tertiary/aromatic N) is 3. The zero-order valence-electron chi connectivity index (χ0n) is 13.8. The number of alkyl halides is 2. The molecule has 24 heavy (non-hydrogen) atoms. The van der Waals surface area contributed by atoms with Crippen LogP contribution in [0, 0.1) is 6.92 Å². The Morgan fingerprint density at radius 3 is 2.58 bits per heavy atom. The number of aliphatic hydroxyl groups is 1. The van der Waals surface area contributed by atoms with E-state index in [0.29, 0.717) is 25.1 Å².